The van der Waals surface area contributed by atoms with E-state index in [9.17, 15) is 0 Å². The molecule has 0 aliphatic heterocycles. The molecule has 8 heteroatoms. The quantitative estimate of drug-likeness (QED) is 0.713. The predicted octanol–water partition coefficient (Wildman–Crippen LogP) is 0.504. The van der Waals surface area contributed by atoms with Crippen molar-refractivity contribution < 1.29 is 14.0 Å². The summed E-state index contributed by atoms with van der Waals surface area (Å²) in [6.07, 6.45) is 3.75. The van der Waals surface area contributed by atoms with Crippen molar-refractivity contribution in [2.45, 2.75) is 13.0 Å². The first-order valence-electron chi connectivity index (χ1n) is 5.71. The topological polar surface area (TPSA) is 103 Å². The van der Waals surface area contributed by atoms with E-state index in [0.717, 1.165) is 0 Å². The first-order chi connectivity index (χ1) is 9.35. The SMILES string of the molecule is OCCc1cn(Cc2nc(-c3ccco3)no2)nn1. The Kier molecular flexibility index (Phi) is 3.07. The maximum absolute atomic E-state index is 8.80. The van der Waals surface area contributed by atoms with Crippen molar-refractivity contribution >= 4 is 0 Å². The zero-order chi connectivity index (χ0) is 13.1. The fourth-order valence-electron chi connectivity index (χ4n) is 1.61. The highest BCUT2D eigenvalue weighted by Crippen LogP contribution is 2.15. The third-order valence-corrected chi connectivity index (χ3v) is 2.46. The van der Waals surface area contributed by atoms with Crippen LogP contribution in [0.1, 0.15) is 11.6 Å². The Labute approximate surface area is 107 Å². The van der Waals surface area contributed by atoms with Crippen LogP contribution in [0.2, 0.25) is 0 Å². The summed E-state index contributed by atoms with van der Waals surface area (Å²) >= 11 is 0. The van der Waals surface area contributed by atoms with Gasteiger partial charge in [0.25, 0.3) is 0 Å². The molecule has 0 unspecified atom stereocenters. The molecule has 19 heavy (non-hydrogen) atoms. The molecule has 0 saturated heterocycles. The fraction of sp³-hybridized carbons (Fsp3) is 0.273. The lowest BCUT2D eigenvalue weighted by atomic mass is 10.3. The van der Waals surface area contributed by atoms with Crippen LogP contribution in [-0.2, 0) is 13.0 Å². The summed E-state index contributed by atoms with van der Waals surface area (Å²) < 4.78 is 11.8. The molecule has 0 aliphatic rings. The normalized spacial score (nSPS) is 11.0. The minimum absolute atomic E-state index is 0.0435. The van der Waals surface area contributed by atoms with Crippen LogP contribution in [0.15, 0.2) is 33.5 Å². The Bertz CT molecular complexity index is 643. The molecule has 0 amide bonds. The van der Waals surface area contributed by atoms with Crippen LogP contribution in [-0.4, -0.2) is 36.8 Å². The van der Waals surface area contributed by atoms with Crippen molar-refractivity contribution in [3.05, 3.63) is 36.2 Å². The molecule has 0 aliphatic carbocycles. The van der Waals surface area contributed by atoms with Crippen LogP contribution in [0, 0.1) is 0 Å². The predicted molar refractivity (Wildman–Crippen MR) is 61.9 cm³/mol. The van der Waals surface area contributed by atoms with Gasteiger partial charge >= 0.3 is 0 Å². The smallest absolute Gasteiger partial charge is 0.248 e. The zero-order valence-corrected chi connectivity index (χ0v) is 9.93. The Balaban J connectivity index is 1.72. The molecule has 98 valence electrons. The van der Waals surface area contributed by atoms with Gasteiger partial charge in [0.05, 0.1) is 12.0 Å². The molecule has 0 radical (unpaired) electrons. The molecular formula is C11H11N5O3. The molecule has 0 saturated carbocycles. The average molecular weight is 261 g/mol. The van der Waals surface area contributed by atoms with Gasteiger partial charge < -0.3 is 14.0 Å². The molecule has 3 aromatic heterocycles. The van der Waals surface area contributed by atoms with E-state index in [-0.39, 0.29) is 6.61 Å². The number of furan rings is 1. The van der Waals surface area contributed by atoms with Crippen LogP contribution >= 0.6 is 0 Å². The standard InChI is InChI=1S/C11H11N5O3/c17-4-3-8-6-16(15-13-8)7-10-12-11(14-19-10)9-2-1-5-18-9/h1-2,5-6,17H,3-4,7H2. The van der Waals surface area contributed by atoms with Gasteiger partial charge in [-0.1, -0.05) is 10.4 Å². The number of hydrogen-bond acceptors (Lipinski definition) is 7. The molecule has 3 aromatic rings. The van der Waals surface area contributed by atoms with Crippen LogP contribution < -0.4 is 0 Å². The summed E-state index contributed by atoms with van der Waals surface area (Å²) in [7, 11) is 0. The van der Waals surface area contributed by atoms with Crippen LogP contribution in [0.25, 0.3) is 11.6 Å². The Morgan fingerprint density at radius 1 is 1.37 bits per heavy atom. The van der Waals surface area contributed by atoms with Crippen LogP contribution in [0.4, 0.5) is 0 Å². The average Bonchev–Trinajstić information content (AvgIpc) is 3.10. The molecule has 0 spiro atoms. The van der Waals surface area contributed by atoms with Crippen molar-refractivity contribution in [2.24, 2.45) is 0 Å². The second kappa shape index (κ2) is 5.02. The molecule has 0 aromatic carbocycles. The van der Waals surface area contributed by atoms with Crippen molar-refractivity contribution in [3.63, 3.8) is 0 Å². The summed E-state index contributed by atoms with van der Waals surface area (Å²) in [6.45, 7) is 0.369. The third-order valence-electron chi connectivity index (χ3n) is 2.46. The molecular weight excluding hydrogens is 250 g/mol. The summed E-state index contributed by atoms with van der Waals surface area (Å²) in [5, 5.41) is 20.4. The number of aliphatic hydroxyl groups excluding tert-OH is 1. The van der Waals surface area contributed by atoms with Gasteiger partial charge in [0.15, 0.2) is 5.76 Å². The Morgan fingerprint density at radius 3 is 3.11 bits per heavy atom. The van der Waals surface area contributed by atoms with Crippen molar-refractivity contribution in [1.82, 2.24) is 25.1 Å². The number of aromatic nitrogens is 5. The summed E-state index contributed by atoms with van der Waals surface area (Å²) in [5.41, 5.74) is 0.716. The molecule has 0 bridgehead atoms. The molecule has 3 heterocycles. The second-order valence-corrected chi connectivity index (χ2v) is 3.87. The molecule has 1 N–H and O–H groups in total. The van der Waals surface area contributed by atoms with Gasteiger partial charge in [-0.05, 0) is 12.1 Å². The zero-order valence-electron chi connectivity index (χ0n) is 9.93. The molecule has 3 rings (SSSR count). The largest absolute Gasteiger partial charge is 0.461 e. The molecule has 0 fully saturated rings. The van der Waals surface area contributed by atoms with E-state index in [4.69, 9.17) is 14.0 Å². The fourth-order valence-corrected chi connectivity index (χ4v) is 1.61. The molecule has 8 nitrogen and oxygen atoms in total. The van der Waals surface area contributed by atoms with Crippen molar-refractivity contribution in [2.75, 3.05) is 6.61 Å². The maximum atomic E-state index is 8.80. The van der Waals surface area contributed by atoms with Gasteiger partial charge in [-0.15, -0.1) is 5.10 Å². The van der Waals surface area contributed by atoms with Gasteiger partial charge in [-0.25, -0.2) is 4.68 Å². The van der Waals surface area contributed by atoms with E-state index in [1.165, 1.54) is 0 Å². The monoisotopic (exact) mass is 261 g/mol. The van der Waals surface area contributed by atoms with E-state index >= 15 is 0 Å². The van der Waals surface area contributed by atoms with Gasteiger partial charge in [-0.3, -0.25) is 0 Å². The van der Waals surface area contributed by atoms with Gasteiger partial charge in [0.1, 0.15) is 6.54 Å². The Hall–Kier alpha value is -2.48. The summed E-state index contributed by atoms with van der Waals surface area (Å²) in [6, 6.07) is 3.51. The van der Waals surface area contributed by atoms with Crippen molar-refractivity contribution in [1.29, 1.82) is 0 Å². The van der Waals surface area contributed by atoms with Gasteiger partial charge in [0.2, 0.25) is 11.7 Å². The Morgan fingerprint density at radius 2 is 2.32 bits per heavy atom. The van der Waals surface area contributed by atoms with E-state index in [2.05, 4.69) is 20.5 Å². The van der Waals surface area contributed by atoms with Crippen molar-refractivity contribution in [3.8, 4) is 11.6 Å². The van der Waals surface area contributed by atoms with E-state index in [1.807, 2.05) is 0 Å². The highest BCUT2D eigenvalue weighted by atomic mass is 16.5. The first kappa shape index (κ1) is 11.6. The summed E-state index contributed by atoms with van der Waals surface area (Å²) in [4.78, 5) is 4.19. The third kappa shape index (κ3) is 2.52. The summed E-state index contributed by atoms with van der Waals surface area (Å²) in [5.74, 6) is 1.36. The highest BCUT2D eigenvalue weighted by Gasteiger charge is 2.11. The highest BCUT2D eigenvalue weighted by molar-refractivity contribution is 5.44. The van der Waals surface area contributed by atoms with Crippen LogP contribution in [0.5, 0.6) is 0 Å². The lowest BCUT2D eigenvalue weighted by molar-refractivity contribution is 0.298. The lowest BCUT2D eigenvalue weighted by Crippen LogP contribution is -2.00. The first-order valence-corrected chi connectivity index (χ1v) is 5.71. The lowest BCUT2D eigenvalue weighted by Gasteiger charge is -1.92. The minimum Gasteiger partial charge on any atom is -0.461 e. The van der Waals surface area contributed by atoms with Gasteiger partial charge in [-0.2, -0.15) is 4.98 Å². The number of nitrogens with zero attached hydrogens (tertiary/aromatic N) is 5. The van der Waals surface area contributed by atoms with E-state index in [0.29, 0.717) is 36.1 Å². The minimum atomic E-state index is 0.0435. The van der Waals surface area contributed by atoms with Crippen LogP contribution in [0.3, 0.4) is 0 Å². The van der Waals surface area contributed by atoms with E-state index in [1.54, 1.807) is 29.3 Å². The second-order valence-electron chi connectivity index (χ2n) is 3.87. The number of rotatable bonds is 5. The van der Waals surface area contributed by atoms with Gasteiger partial charge in [0, 0.05) is 19.2 Å². The maximum Gasteiger partial charge on any atom is 0.248 e. The van der Waals surface area contributed by atoms with E-state index < -0.39 is 0 Å². The molecule has 0 atom stereocenters. The number of aliphatic hydroxyl groups is 1. The number of hydrogen-bond donors (Lipinski definition) is 1.